The Bertz CT molecular complexity index is 1040. The van der Waals surface area contributed by atoms with Crippen molar-refractivity contribution in [3.63, 3.8) is 0 Å². The van der Waals surface area contributed by atoms with Gasteiger partial charge in [-0.15, -0.1) is 0 Å². The first-order chi connectivity index (χ1) is 12.9. The van der Waals surface area contributed by atoms with Crippen molar-refractivity contribution >= 4 is 21.7 Å². The van der Waals surface area contributed by atoms with Crippen molar-refractivity contribution in [2.75, 3.05) is 4.72 Å². The summed E-state index contributed by atoms with van der Waals surface area (Å²) in [6, 6.07) is 15.2. The van der Waals surface area contributed by atoms with Gasteiger partial charge in [-0.05, 0) is 54.1 Å². The Hall–Kier alpha value is -3.39. The molecule has 8 heteroatoms. The lowest BCUT2D eigenvalue weighted by Crippen LogP contribution is -2.13. The first kappa shape index (κ1) is 18.4. The molecule has 0 amide bonds. The number of hydrogen-bond donors (Lipinski definition) is 2. The van der Waals surface area contributed by atoms with Gasteiger partial charge in [0, 0.05) is 18.5 Å². The van der Waals surface area contributed by atoms with Crippen molar-refractivity contribution in [2.45, 2.75) is 11.5 Å². The molecule has 27 heavy (non-hydrogen) atoms. The van der Waals surface area contributed by atoms with Crippen LogP contribution >= 0.6 is 0 Å². The third-order valence-corrected chi connectivity index (χ3v) is 5.05. The number of carbonyl (C=O) groups is 1. The molecule has 138 valence electrons. The lowest BCUT2D eigenvalue weighted by molar-refractivity contribution is 0.0696. The minimum absolute atomic E-state index is 0.0143. The maximum Gasteiger partial charge on any atom is 0.335 e. The van der Waals surface area contributed by atoms with Crippen LogP contribution in [0.3, 0.4) is 0 Å². The summed E-state index contributed by atoms with van der Waals surface area (Å²) >= 11 is 0. The Morgan fingerprint density at radius 1 is 1.04 bits per heavy atom. The van der Waals surface area contributed by atoms with E-state index in [1.165, 1.54) is 24.3 Å². The number of pyridine rings is 1. The van der Waals surface area contributed by atoms with Gasteiger partial charge in [0.05, 0.1) is 16.1 Å². The third kappa shape index (κ3) is 4.83. The second-order valence-corrected chi connectivity index (χ2v) is 7.29. The molecule has 1 heterocycles. The quantitative estimate of drug-likeness (QED) is 0.648. The van der Waals surface area contributed by atoms with Crippen LogP contribution in [-0.2, 0) is 16.6 Å². The molecule has 0 saturated carbocycles. The van der Waals surface area contributed by atoms with Gasteiger partial charge in [0.15, 0.2) is 0 Å². The minimum atomic E-state index is -3.85. The van der Waals surface area contributed by atoms with Crippen LogP contribution in [0.4, 0.5) is 5.69 Å². The molecule has 0 bridgehead atoms. The van der Waals surface area contributed by atoms with E-state index in [2.05, 4.69) is 9.71 Å². The Morgan fingerprint density at radius 3 is 2.41 bits per heavy atom. The highest BCUT2D eigenvalue weighted by Crippen LogP contribution is 2.22. The zero-order valence-electron chi connectivity index (χ0n) is 14.1. The van der Waals surface area contributed by atoms with Gasteiger partial charge in [-0.1, -0.05) is 6.07 Å². The Kier molecular flexibility index (Phi) is 5.37. The van der Waals surface area contributed by atoms with Crippen LogP contribution in [0, 0.1) is 0 Å². The summed E-state index contributed by atoms with van der Waals surface area (Å²) < 4.78 is 33.1. The molecule has 2 aromatic carbocycles. The van der Waals surface area contributed by atoms with E-state index in [1.807, 2.05) is 12.1 Å². The standard InChI is InChI=1S/C19H16N2O5S/c22-19(23)15-4-6-18(7-5-15)27(24,25)21-16-2-1-3-17(12-16)26-13-14-8-10-20-11-9-14/h1-12,21H,13H2,(H,22,23). The highest BCUT2D eigenvalue weighted by molar-refractivity contribution is 7.92. The molecule has 0 atom stereocenters. The van der Waals surface area contributed by atoms with Crippen molar-refractivity contribution in [2.24, 2.45) is 0 Å². The fourth-order valence-corrected chi connectivity index (χ4v) is 3.34. The summed E-state index contributed by atoms with van der Waals surface area (Å²) in [4.78, 5) is 14.8. The van der Waals surface area contributed by atoms with Gasteiger partial charge >= 0.3 is 5.97 Å². The number of carboxylic acid groups (broad SMARTS) is 1. The molecule has 7 nitrogen and oxygen atoms in total. The molecule has 1 aromatic heterocycles. The van der Waals surface area contributed by atoms with E-state index in [0.29, 0.717) is 18.0 Å². The zero-order valence-corrected chi connectivity index (χ0v) is 14.9. The van der Waals surface area contributed by atoms with Gasteiger partial charge in [-0.25, -0.2) is 13.2 Å². The number of sulfonamides is 1. The molecule has 0 unspecified atom stereocenters. The largest absolute Gasteiger partial charge is 0.489 e. The van der Waals surface area contributed by atoms with Crippen LogP contribution in [0.2, 0.25) is 0 Å². The topological polar surface area (TPSA) is 106 Å². The molecule has 2 N–H and O–H groups in total. The first-order valence-electron chi connectivity index (χ1n) is 7.92. The monoisotopic (exact) mass is 384 g/mol. The number of anilines is 1. The number of rotatable bonds is 7. The van der Waals surface area contributed by atoms with Crippen LogP contribution in [-0.4, -0.2) is 24.5 Å². The predicted molar refractivity (Wildman–Crippen MR) is 99.2 cm³/mol. The summed E-state index contributed by atoms with van der Waals surface area (Å²) in [5, 5.41) is 8.89. The van der Waals surface area contributed by atoms with Gasteiger partial charge in [-0.3, -0.25) is 9.71 Å². The Balaban J connectivity index is 1.72. The average Bonchev–Trinajstić information content (AvgIpc) is 2.67. The summed E-state index contributed by atoms with van der Waals surface area (Å²) in [7, 11) is -3.85. The smallest absolute Gasteiger partial charge is 0.335 e. The van der Waals surface area contributed by atoms with Crippen LogP contribution in [0.1, 0.15) is 15.9 Å². The lowest BCUT2D eigenvalue weighted by atomic mass is 10.2. The van der Waals surface area contributed by atoms with Gasteiger partial charge in [0.25, 0.3) is 10.0 Å². The molecule has 3 aromatic rings. The Labute approximate surface area is 156 Å². The number of aromatic carboxylic acids is 1. The van der Waals surface area contributed by atoms with Crippen LogP contribution in [0.5, 0.6) is 5.75 Å². The number of benzene rings is 2. The number of carboxylic acids is 1. The molecule has 0 saturated heterocycles. The van der Waals surface area contributed by atoms with Crippen LogP contribution < -0.4 is 9.46 Å². The van der Waals surface area contributed by atoms with E-state index < -0.39 is 16.0 Å². The molecular weight excluding hydrogens is 368 g/mol. The Morgan fingerprint density at radius 2 is 1.74 bits per heavy atom. The first-order valence-corrected chi connectivity index (χ1v) is 9.40. The van der Waals surface area contributed by atoms with E-state index in [0.717, 1.165) is 5.56 Å². The molecular formula is C19H16N2O5S. The molecule has 0 aliphatic carbocycles. The van der Waals surface area contributed by atoms with Gasteiger partial charge in [0.1, 0.15) is 12.4 Å². The van der Waals surface area contributed by atoms with Gasteiger partial charge in [-0.2, -0.15) is 0 Å². The summed E-state index contributed by atoms with van der Waals surface area (Å²) in [6.45, 7) is 0.329. The van der Waals surface area contributed by atoms with Gasteiger partial charge < -0.3 is 9.84 Å². The van der Waals surface area contributed by atoms with Crippen molar-refractivity contribution < 1.29 is 23.1 Å². The van der Waals surface area contributed by atoms with Gasteiger partial charge in [0.2, 0.25) is 0 Å². The molecule has 0 fully saturated rings. The fourth-order valence-electron chi connectivity index (χ4n) is 2.29. The second kappa shape index (κ2) is 7.88. The number of ether oxygens (including phenoxy) is 1. The lowest BCUT2D eigenvalue weighted by Gasteiger charge is -2.11. The number of nitrogens with zero attached hydrogens (tertiary/aromatic N) is 1. The molecule has 0 radical (unpaired) electrons. The van der Waals surface area contributed by atoms with Crippen LogP contribution in [0.15, 0.2) is 78.0 Å². The molecule has 3 rings (SSSR count). The second-order valence-electron chi connectivity index (χ2n) is 5.61. The average molecular weight is 384 g/mol. The summed E-state index contributed by atoms with van der Waals surface area (Å²) in [5.74, 6) is -0.612. The maximum absolute atomic E-state index is 12.5. The van der Waals surface area contributed by atoms with Crippen LogP contribution in [0.25, 0.3) is 0 Å². The maximum atomic E-state index is 12.5. The predicted octanol–water partition coefficient (Wildman–Crippen LogP) is 3.16. The third-order valence-electron chi connectivity index (χ3n) is 3.65. The zero-order chi connectivity index (χ0) is 19.3. The summed E-state index contributed by atoms with van der Waals surface area (Å²) in [5.41, 5.74) is 1.29. The van der Waals surface area contributed by atoms with Crippen molar-refractivity contribution in [1.82, 2.24) is 4.98 Å². The van der Waals surface area contributed by atoms with Crippen molar-refractivity contribution in [3.8, 4) is 5.75 Å². The fraction of sp³-hybridized carbons (Fsp3) is 0.0526. The van der Waals surface area contributed by atoms with E-state index in [-0.39, 0.29) is 10.5 Å². The number of hydrogen-bond acceptors (Lipinski definition) is 5. The van der Waals surface area contributed by atoms with E-state index in [9.17, 15) is 13.2 Å². The van der Waals surface area contributed by atoms with E-state index in [4.69, 9.17) is 9.84 Å². The highest BCUT2D eigenvalue weighted by Gasteiger charge is 2.15. The highest BCUT2D eigenvalue weighted by atomic mass is 32.2. The molecule has 0 aliphatic heterocycles. The van der Waals surface area contributed by atoms with E-state index >= 15 is 0 Å². The number of aromatic nitrogens is 1. The normalized spacial score (nSPS) is 11.0. The van der Waals surface area contributed by atoms with E-state index in [1.54, 1.807) is 36.7 Å². The number of nitrogens with one attached hydrogen (secondary N) is 1. The van der Waals surface area contributed by atoms with Crippen molar-refractivity contribution in [1.29, 1.82) is 0 Å². The molecule has 0 spiro atoms. The SMILES string of the molecule is O=C(O)c1ccc(S(=O)(=O)Nc2cccc(OCc3ccncc3)c2)cc1. The minimum Gasteiger partial charge on any atom is -0.489 e. The molecule has 0 aliphatic rings. The van der Waals surface area contributed by atoms with Crippen molar-refractivity contribution in [3.05, 3.63) is 84.2 Å². The summed E-state index contributed by atoms with van der Waals surface area (Å²) in [6.07, 6.45) is 3.33.